The number of amides is 1. The van der Waals surface area contributed by atoms with Crippen LogP contribution in [0.5, 0.6) is 0 Å². The maximum absolute atomic E-state index is 12.5. The Kier molecular flexibility index (Phi) is 5.73. The van der Waals surface area contributed by atoms with Crippen LogP contribution in [0.4, 0.5) is 0 Å². The molecule has 0 unspecified atom stereocenters. The van der Waals surface area contributed by atoms with Gasteiger partial charge in [0.2, 0.25) is 5.91 Å². The maximum Gasteiger partial charge on any atom is 0.323 e. The van der Waals surface area contributed by atoms with Gasteiger partial charge in [-0.05, 0) is 31.4 Å². The Morgan fingerprint density at radius 3 is 2.42 bits per heavy atom. The van der Waals surface area contributed by atoms with Crippen LogP contribution in [0.2, 0.25) is 0 Å². The van der Waals surface area contributed by atoms with Gasteiger partial charge in [-0.25, -0.2) is 0 Å². The van der Waals surface area contributed by atoms with Gasteiger partial charge in [-0.3, -0.25) is 14.3 Å². The van der Waals surface area contributed by atoms with Crippen molar-refractivity contribution in [3.8, 4) is 0 Å². The summed E-state index contributed by atoms with van der Waals surface area (Å²) >= 11 is 0. The Morgan fingerprint density at radius 2 is 1.88 bits per heavy atom. The number of rotatable bonds is 7. The van der Waals surface area contributed by atoms with Gasteiger partial charge < -0.3 is 10.0 Å². The molecule has 0 atom stereocenters. The van der Waals surface area contributed by atoms with Crippen LogP contribution in [-0.4, -0.2) is 38.2 Å². The molecule has 2 rings (SSSR count). The molecule has 0 saturated carbocycles. The largest absolute Gasteiger partial charge is 0.480 e. The molecule has 128 valence electrons. The number of aromatic nitrogens is 2. The molecule has 0 aliphatic rings. The number of carbonyl (C=O) groups is 2. The van der Waals surface area contributed by atoms with Gasteiger partial charge in [0.25, 0.3) is 0 Å². The summed E-state index contributed by atoms with van der Waals surface area (Å²) < 4.78 is 1.80. The summed E-state index contributed by atoms with van der Waals surface area (Å²) in [7, 11) is 1.87. The van der Waals surface area contributed by atoms with E-state index >= 15 is 0 Å². The van der Waals surface area contributed by atoms with Crippen LogP contribution < -0.4 is 0 Å². The second kappa shape index (κ2) is 7.77. The van der Waals surface area contributed by atoms with Gasteiger partial charge >= 0.3 is 5.97 Å². The summed E-state index contributed by atoms with van der Waals surface area (Å²) in [6, 6.07) is 9.41. The first-order valence-electron chi connectivity index (χ1n) is 7.91. The summed E-state index contributed by atoms with van der Waals surface area (Å²) in [4.78, 5) is 25.0. The molecule has 1 heterocycles. The van der Waals surface area contributed by atoms with E-state index in [1.54, 1.807) is 4.68 Å². The number of benzene rings is 1. The fourth-order valence-electron chi connectivity index (χ4n) is 2.77. The minimum Gasteiger partial charge on any atom is -0.480 e. The summed E-state index contributed by atoms with van der Waals surface area (Å²) in [5.41, 5.74) is 3.92. The third kappa shape index (κ3) is 4.44. The van der Waals surface area contributed by atoms with Gasteiger partial charge in [-0.2, -0.15) is 5.10 Å². The van der Waals surface area contributed by atoms with Crippen LogP contribution in [0.15, 0.2) is 30.3 Å². The van der Waals surface area contributed by atoms with E-state index in [2.05, 4.69) is 5.10 Å². The number of aryl methyl sites for hydroxylation is 2. The molecule has 1 N–H and O–H groups in total. The molecule has 6 nitrogen and oxygen atoms in total. The van der Waals surface area contributed by atoms with Crippen molar-refractivity contribution in [3.05, 3.63) is 52.8 Å². The van der Waals surface area contributed by atoms with Crippen LogP contribution in [0, 0.1) is 13.8 Å². The first-order chi connectivity index (χ1) is 11.4. The monoisotopic (exact) mass is 329 g/mol. The zero-order chi connectivity index (χ0) is 17.7. The van der Waals surface area contributed by atoms with Crippen LogP contribution in [0.1, 0.15) is 28.9 Å². The van der Waals surface area contributed by atoms with E-state index in [0.717, 1.165) is 22.5 Å². The van der Waals surface area contributed by atoms with Crippen molar-refractivity contribution in [1.82, 2.24) is 14.7 Å². The average molecular weight is 329 g/mol. The van der Waals surface area contributed by atoms with Crippen LogP contribution in [-0.2, 0) is 29.6 Å². The molecule has 1 aromatic heterocycles. The van der Waals surface area contributed by atoms with Gasteiger partial charge in [0.15, 0.2) is 0 Å². The van der Waals surface area contributed by atoms with Crippen molar-refractivity contribution >= 4 is 11.9 Å². The summed E-state index contributed by atoms with van der Waals surface area (Å²) in [5, 5.41) is 13.4. The summed E-state index contributed by atoms with van der Waals surface area (Å²) in [5.74, 6) is -1.17. The Bertz CT molecular complexity index is 723. The molecule has 0 aliphatic carbocycles. The molecule has 6 heteroatoms. The Balaban J connectivity index is 2.06. The Morgan fingerprint density at radius 1 is 1.21 bits per heavy atom. The lowest BCUT2D eigenvalue weighted by Crippen LogP contribution is -2.35. The molecule has 1 amide bonds. The third-order valence-electron chi connectivity index (χ3n) is 4.14. The SMILES string of the molecule is Cc1nn(C)c(C)c1CCC(=O)N(CC(=O)O)Cc1ccccc1. The van der Waals surface area contributed by atoms with Crippen molar-refractivity contribution in [2.24, 2.45) is 7.05 Å². The number of aliphatic carboxylic acids is 1. The molecule has 24 heavy (non-hydrogen) atoms. The second-order valence-corrected chi connectivity index (χ2v) is 5.90. The van der Waals surface area contributed by atoms with Crippen molar-refractivity contribution < 1.29 is 14.7 Å². The van der Waals surface area contributed by atoms with Crippen molar-refractivity contribution in [1.29, 1.82) is 0 Å². The average Bonchev–Trinajstić information content (AvgIpc) is 2.78. The molecule has 2 aromatic rings. The molecule has 0 bridgehead atoms. The molecular formula is C18H23N3O3. The smallest absolute Gasteiger partial charge is 0.323 e. The lowest BCUT2D eigenvalue weighted by atomic mass is 10.1. The molecule has 0 spiro atoms. The van der Waals surface area contributed by atoms with E-state index in [4.69, 9.17) is 5.11 Å². The predicted molar refractivity (Wildman–Crippen MR) is 90.5 cm³/mol. The highest BCUT2D eigenvalue weighted by atomic mass is 16.4. The Labute approximate surface area is 141 Å². The molecule has 0 fully saturated rings. The zero-order valence-corrected chi connectivity index (χ0v) is 14.3. The predicted octanol–water partition coefficient (Wildman–Crippen LogP) is 2.08. The fraction of sp³-hybridized carbons (Fsp3) is 0.389. The van der Waals surface area contributed by atoms with E-state index in [-0.39, 0.29) is 18.9 Å². The lowest BCUT2D eigenvalue weighted by molar-refractivity contribution is -0.144. The van der Waals surface area contributed by atoms with Gasteiger partial charge in [0.1, 0.15) is 6.54 Å². The normalized spacial score (nSPS) is 10.6. The minimum absolute atomic E-state index is 0.163. The maximum atomic E-state index is 12.5. The second-order valence-electron chi connectivity index (χ2n) is 5.90. The lowest BCUT2D eigenvalue weighted by Gasteiger charge is -2.21. The third-order valence-corrected chi connectivity index (χ3v) is 4.14. The molecule has 1 aromatic carbocycles. The highest BCUT2D eigenvalue weighted by Crippen LogP contribution is 2.15. The van der Waals surface area contributed by atoms with E-state index in [1.165, 1.54) is 4.90 Å². The van der Waals surface area contributed by atoms with Gasteiger partial charge in [-0.1, -0.05) is 30.3 Å². The van der Waals surface area contributed by atoms with Crippen molar-refractivity contribution in [2.75, 3.05) is 6.54 Å². The van der Waals surface area contributed by atoms with Crippen LogP contribution >= 0.6 is 0 Å². The van der Waals surface area contributed by atoms with E-state index in [9.17, 15) is 9.59 Å². The first-order valence-corrected chi connectivity index (χ1v) is 7.91. The Hall–Kier alpha value is -2.63. The van der Waals surface area contributed by atoms with Crippen LogP contribution in [0.3, 0.4) is 0 Å². The van der Waals surface area contributed by atoms with Gasteiger partial charge in [0, 0.05) is 25.7 Å². The van der Waals surface area contributed by atoms with Crippen molar-refractivity contribution in [3.63, 3.8) is 0 Å². The zero-order valence-electron chi connectivity index (χ0n) is 14.3. The van der Waals surface area contributed by atoms with Crippen molar-refractivity contribution in [2.45, 2.75) is 33.2 Å². The molecule has 0 saturated heterocycles. The number of carboxylic acids is 1. The topological polar surface area (TPSA) is 75.4 Å². The number of hydrogen-bond donors (Lipinski definition) is 1. The first kappa shape index (κ1) is 17.7. The summed E-state index contributed by atoms with van der Waals surface area (Å²) in [6.45, 7) is 3.90. The van der Waals surface area contributed by atoms with E-state index < -0.39 is 5.97 Å². The number of hydrogen-bond acceptors (Lipinski definition) is 3. The summed E-state index contributed by atoms with van der Waals surface area (Å²) in [6.07, 6.45) is 0.836. The van der Waals surface area contributed by atoms with E-state index in [0.29, 0.717) is 13.0 Å². The number of nitrogens with zero attached hydrogens (tertiary/aromatic N) is 3. The molecule has 0 aliphatic heterocycles. The van der Waals surface area contributed by atoms with Crippen LogP contribution in [0.25, 0.3) is 0 Å². The van der Waals surface area contributed by atoms with Gasteiger partial charge in [-0.15, -0.1) is 0 Å². The number of carbonyl (C=O) groups excluding carboxylic acids is 1. The highest BCUT2D eigenvalue weighted by Gasteiger charge is 2.18. The molecule has 0 radical (unpaired) electrons. The highest BCUT2D eigenvalue weighted by molar-refractivity contribution is 5.81. The number of carboxylic acid groups (broad SMARTS) is 1. The van der Waals surface area contributed by atoms with Gasteiger partial charge in [0.05, 0.1) is 5.69 Å². The minimum atomic E-state index is -1.01. The van der Waals surface area contributed by atoms with E-state index in [1.807, 2.05) is 51.2 Å². The quantitative estimate of drug-likeness (QED) is 0.844. The fourth-order valence-corrected chi connectivity index (χ4v) is 2.77. The standard InChI is InChI=1S/C18H23N3O3/c1-13-16(14(2)20(3)19-13)9-10-17(22)21(12-18(23)24)11-15-7-5-4-6-8-15/h4-8H,9-12H2,1-3H3,(H,23,24). The molecular weight excluding hydrogens is 306 g/mol.